The molecule has 0 radical (unpaired) electrons. The van der Waals surface area contributed by atoms with Crippen LogP contribution in [0.5, 0.6) is 0 Å². The summed E-state index contributed by atoms with van der Waals surface area (Å²) in [5, 5.41) is 8.95. The molecule has 1 atom stereocenters. The van der Waals surface area contributed by atoms with Gasteiger partial charge in [0, 0.05) is 36.9 Å². The van der Waals surface area contributed by atoms with E-state index in [1.807, 2.05) is 29.5 Å². The van der Waals surface area contributed by atoms with E-state index in [1.165, 1.54) is 0 Å². The predicted molar refractivity (Wildman–Crippen MR) is 108 cm³/mol. The first-order chi connectivity index (χ1) is 11.9. The first kappa shape index (κ1) is 21.0. The second kappa shape index (κ2) is 8.61. The average Bonchev–Trinajstić information content (AvgIpc) is 2.85. The SMILES string of the molecule is Cc1nn(-c2ccc(Cl)c(Cl)c2)c(C)c1CC(=O)N1CCNC(C)C1.Cl. The van der Waals surface area contributed by atoms with Crippen LogP contribution < -0.4 is 5.32 Å². The third-order valence-corrected chi connectivity index (χ3v) is 5.38. The summed E-state index contributed by atoms with van der Waals surface area (Å²) in [5.41, 5.74) is 3.62. The highest BCUT2D eigenvalue weighted by Crippen LogP contribution is 2.26. The molecule has 0 spiro atoms. The second-order valence-corrected chi connectivity index (χ2v) is 7.35. The normalized spacial score (nSPS) is 17.1. The Morgan fingerprint density at radius 2 is 2.04 bits per heavy atom. The Hall–Kier alpha value is -1.27. The largest absolute Gasteiger partial charge is 0.340 e. The molecule has 0 bridgehead atoms. The summed E-state index contributed by atoms with van der Waals surface area (Å²) in [7, 11) is 0. The summed E-state index contributed by atoms with van der Waals surface area (Å²) in [5.74, 6) is 0.147. The third-order valence-electron chi connectivity index (χ3n) is 4.64. The number of carbonyl (C=O) groups is 1. The lowest BCUT2D eigenvalue weighted by atomic mass is 10.1. The van der Waals surface area contributed by atoms with Gasteiger partial charge in [-0.25, -0.2) is 4.68 Å². The van der Waals surface area contributed by atoms with E-state index in [2.05, 4.69) is 17.3 Å². The first-order valence-electron chi connectivity index (χ1n) is 8.38. The Kier molecular flexibility index (Phi) is 6.97. The zero-order valence-corrected chi connectivity index (χ0v) is 17.4. The number of carbonyl (C=O) groups excluding carboxylic acids is 1. The second-order valence-electron chi connectivity index (χ2n) is 6.53. The minimum absolute atomic E-state index is 0. The van der Waals surface area contributed by atoms with Crippen molar-refractivity contribution in [2.75, 3.05) is 19.6 Å². The Balaban J connectivity index is 0.00000243. The summed E-state index contributed by atoms with van der Waals surface area (Å²) >= 11 is 12.1. The molecule has 1 aromatic heterocycles. The van der Waals surface area contributed by atoms with Crippen molar-refractivity contribution >= 4 is 41.5 Å². The number of benzene rings is 1. The average molecular weight is 418 g/mol. The summed E-state index contributed by atoms with van der Waals surface area (Å²) in [6.45, 7) is 8.35. The van der Waals surface area contributed by atoms with Crippen LogP contribution in [0, 0.1) is 13.8 Å². The van der Waals surface area contributed by atoms with Crippen molar-refractivity contribution in [2.24, 2.45) is 0 Å². The fraction of sp³-hybridized carbons (Fsp3) is 0.444. The monoisotopic (exact) mass is 416 g/mol. The van der Waals surface area contributed by atoms with Crippen molar-refractivity contribution in [3.63, 3.8) is 0 Å². The van der Waals surface area contributed by atoms with E-state index in [0.717, 1.165) is 42.3 Å². The van der Waals surface area contributed by atoms with Gasteiger partial charge >= 0.3 is 0 Å². The fourth-order valence-corrected chi connectivity index (χ4v) is 3.51. The molecule has 26 heavy (non-hydrogen) atoms. The van der Waals surface area contributed by atoms with Crippen molar-refractivity contribution in [1.29, 1.82) is 0 Å². The van der Waals surface area contributed by atoms with E-state index in [1.54, 1.807) is 12.1 Å². The van der Waals surface area contributed by atoms with E-state index >= 15 is 0 Å². The molecule has 1 unspecified atom stereocenters. The van der Waals surface area contributed by atoms with Crippen molar-refractivity contribution in [3.8, 4) is 5.69 Å². The molecule has 1 N–H and O–H groups in total. The number of amides is 1. The van der Waals surface area contributed by atoms with Crippen LogP contribution in [0.25, 0.3) is 5.69 Å². The zero-order valence-electron chi connectivity index (χ0n) is 15.1. The quantitative estimate of drug-likeness (QED) is 0.830. The van der Waals surface area contributed by atoms with Crippen molar-refractivity contribution in [2.45, 2.75) is 33.2 Å². The maximum atomic E-state index is 12.7. The lowest BCUT2D eigenvalue weighted by molar-refractivity contribution is -0.131. The summed E-state index contributed by atoms with van der Waals surface area (Å²) in [4.78, 5) is 14.6. The molecule has 1 aliphatic heterocycles. The van der Waals surface area contributed by atoms with Crippen LogP contribution in [0.1, 0.15) is 23.9 Å². The summed E-state index contributed by atoms with van der Waals surface area (Å²) in [6.07, 6.45) is 0.367. The minimum atomic E-state index is 0. The van der Waals surface area contributed by atoms with Gasteiger partial charge in [-0.05, 0) is 39.0 Å². The maximum absolute atomic E-state index is 12.7. The maximum Gasteiger partial charge on any atom is 0.227 e. The molecule has 5 nitrogen and oxygen atoms in total. The van der Waals surface area contributed by atoms with Gasteiger partial charge in [0.2, 0.25) is 5.91 Å². The van der Waals surface area contributed by atoms with E-state index in [9.17, 15) is 4.79 Å². The highest BCUT2D eigenvalue weighted by molar-refractivity contribution is 6.42. The number of hydrogen-bond acceptors (Lipinski definition) is 3. The molecule has 2 heterocycles. The molecule has 1 fully saturated rings. The summed E-state index contributed by atoms with van der Waals surface area (Å²) < 4.78 is 1.82. The van der Waals surface area contributed by atoms with Gasteiger partial charge in [-0.1, -0.05) is 23.2 Å². The zero-order chi connectivity index (χ0) is 18.1. The molecule has 2 aromatic rings. The van der Waals surface area contributed by atoms with Gasteiger partial charge < -0.3 is 10.2 Å². The van der Waals surface area contributed by atoms with Gasteiger partial charge in [0.05, 0.1) is 27.8 Å². The molecular weight excluding hydrogens is 395 g/mol. The standard InChI is InChI=1S/C18H22Cl2N4O.ClH/c1-11-10-23(7-6-21-11)18(25)9-15-12(2)22-24(13(15)3)14-4-5-16(19)17(20)8-14;/h4-5,8,11,21H,6-7,9-10H2,1-3H3;1H. The smallest absolute Gasteiger partial charge is 0.227 e. The molecule has 1 saturated heterocycles. The topological polar surface area (TPSA) is 50.2 Å². The Bertz CT molecular complexity index is 806. The van der Waals surface area contributed by atoms with E-state index in [-0.39, 0.29) is 18.3 Å². The number of hydrogen-bond donors (Lipinski definition) is 1. The number of aryl methyl sites for hydroxylation is 1. The molecule has 1 aliphatic rings. The van der Waals surface area contributed by atoms with Crippen LogP contribution in [-0.4, -0.2) is 46.3 Å². The first-order valence-corrected chi connectivity index (χ1v) is 9.14. The molecular formula is C18H23Cl3N4O. The van der Waals surface area contributed by atoms with Crippen LogP contribution in [0.15, 0.2) is 18.2 Å². The molecule has 1 amide bonds. The van der Waals surface area contributed by atoms with Crippen LogP contribution in [0.2, 0.25) is 10.0 Å². The van der Waals surface area contributed by atoms with Gasteiger partial charge in [0.15, 0.2) is 0 Å². The van der Waals surface area contributed by atoms with Crippen LogP contribution in [0.3, 0.4) is 0 Å². The Labute approximate surface area is 170 Å². The Morgan fingerprint density at radius 1 is 1.31 bits per heavy atom. The van der Waals surface area contributed by atoms with Gasteiger partial charge in [0.1, 0.15) is 0 Å². The van der Waals surface area contributed by atoms with Crippen molar-refractivity contribution < 1.29 is 4.79 Å². The van der Waals surface area contributed by atoms with Crippen LogP contribution >= 0.6 is 35.6 Å². The van der Waals surface area contributed by atoms with Gasteiger partial charge in [-0.3, -0.25) is 4.79 Å². The highest BCUT2D eigenvalue weighted by atomic mass is 35.5. The summed E-state index contributed by atoms with van der Waals surface area (Å²) in [6, 6.07) is 5.74. The highest BCUT2D eigenvalue weighted by Gasteiger charge is 2.23. The minimum Gasteiger partial charge on any atom is -0.340 e. The number of nitrogens with zero attached hydrogens (tertiary/aromatic N) is 3. The molecule has 0 aliphatic carbocycles. The van der Waals surface area contributed by atoms with E-state index < -0.39 is 0 Å². The predicted octanol–water partition coefficient (Wildman–Crippen LogP) is 3.58. The third kappa shape index (κ3) is 4.34. The molecule has 8 heteroatoms. The molecule has 142 valence electrons. The van der Waals surface area contributed by atoms with Gasteiger partial charge in [-0.15, -0.1) is 12.4 Å². The van der Waals surface area contributed by atoms with Crippen molar-refractivity contribution in [1.82, 2.24) is 20.0 Å². The van der Waals surface area contributed by atoms with Gasteiger partial charge in [-0.2, -0.15) is 5.10 Å². The Morgan fingerprint density at radius 3 is 2.69 bits per heavy atom. The van der Waals surface area contributed by atoms with Gasteiger partial charge in [0.25, 0.3) is 0 Å². The van der Waals surface area contributed by atoms with E-state index in [4.69, 9.17) is 23.2 Å². The van der Waals surface area contributed by atoms with Crippen LogP contribution in [-0.2, 0) is 11.2 Å². The van der Waals surface area contributed by atoms with E-state index in [0.29, 0.717) is 22.5 Å². The number of aromatic nitrogens is 2. The number of halogens is 3. The fourth-order valence-electron chi connectivity index (χ4n) is 3.22. The lowest BCUT2D eigenvalue weighted by Gasteiger charge is -2.32. The number of rotatable bonds is 3. The molecule has 3 rings (SSSR count). The van der Waals surface area contributed by atoms with Crippen molar-refractivity contribution in [3.05, 3.63) is 45.2 Å². The molecule has 0 saturated carbocycles. The van der Waals surface area contributed by atoms with Crippen LogP contribution in [0.4, 0.5) is 0 Å². The lowest BCUT2D eigenvalue weighted by Crippen LogP contribution is -2.51. The molecule has 1 aromatic carbocycles. The number of nitrogens with one attached hydrogen (secondary N) is 1. The number of piperazine rings is 1.